The van der Waals surface area contributed by atoms with Gasteiger partial charge in [-0.1, -0.05) is 30.3 Å². The third-order valence-corrected chi connectivity index (χ3v) is 4.60. The quantitative estimate of drug-likeness (QED) is 0.581. The fourth-order valence-corrected chi connectivity index (χ4v) is 3.57. The van der Waals surface area contributed by atoms with Gasteiger partial charge in [-0.2, -0.15) is 0 Å². The third kappa shape index (κ3) is 2.72. The minimum absolute atomic E-state index is 0.686. The Morgan fingerprint density at radius 1 is 1.16 bits per heavy atom. The van der Waals surface area contributed by atoms with Crippen LogP contribution in [-0.2, 0) is 5.75 Å². The van der Waals surface area contributed by atoms with Crippen molar-refractivity contribution in [1.29, 1.82) is 0 Å². The molecular weight excluding hydrogens is 274 g/mol. The Kier molecular flexibility index (Phi) is 3.66. The summed E-state index contributed by atoms with van der Waals surface area (Å²) in [6.07, 6.45) is 0. The maximum absolute atomic E-state index is 4.55. The maximum atomic E-state index is 4.55. The molecule has 19 heavy (non-hydrogen) atoms. The van der Waals surface area contributed by atoms with Crippen LogP contribution in [-0.4, -0.2) is 17.0 Å². The molecule has 3 aromatic rings. The molecule has 3 nitrogen and oxygen atoms in total. The molecule has 0 aliphatic heterocycles. The van der Waals surface area contributed by atoms with Crippen LogP contribution in [0.25, 0.3) is 10.2 Å². The zero-order valence-corrected chi connectivity index (χ0v) is 12.1. The Hall–Kier alpha value is -1.59. The van der Waals surface area contributed by atoms with Crippen LogP contribution >= 0.6 is 23.1 Å². The third-order valence-electron chi connectivity index (χ3n) is 2.73. The molecule has 0 saturated heterocycles. The average molecular weight is 287 g/mol. The lowest BCUT2D eigenvalue weighted by Gasteiger charge is -2.05. The van der Waals surface area contributed by atoms with Gasteiger partial charge < -0.3 is 5.32 Å². The highest BCUT2D eigenvalue weighted by Crippen LogP contribution is 2.31. The van der Waals surface area contributed by atoms with Gasteiger partial charge in [0.05, 0.1) is 0 Å². The number of rotatable bonds is 4. The molecule has 96 valence electrons. The Morgan fingerprint density at radius 2 is 2.00 bits per heavy atom. The molecule has 0 fully saturated rings. The summed E-state index contributed by atoms with van der Waals surface area (Å²) in [5.74, 6) is 1.61. The number of benzene rings is 1. The first-order valence-electron chi connectivity index (χ1n) is 5.96. The highest BCUT2D eigenvalue weighted by molar-refractivity contribution is 7.98. The van der Waals surface area contributed by atoms with Crippen molar-refractivity contribution in [3.63, 3.8) is 0 Å². The number of thioether (sulfide) groups is 1. The first-order chi connectivity index (χ1) is 9.36. The molecule has 0 aliphatic carbocycles. The number of nitrogens with one attached hydrogen (secondary N) is 1. The van der Waals surface area contributed by atoms with Crippen molar-refractivity contribution in [3.8, 4) is 0 Å². The summed E-state index contributed by atoms with van der Waals surface area (Å²) in [6.45, 7) is 0. The van der Waals surface area contributed by atoms with Crippen LogP contribution in [0.3, 0.4) is 0 Å². The number of hydrogen-bond donors (Lipinski definition) is 1. The van der Waals surface area contributed by atoms with E-state index >= 15 is 0 Å². The topological polar surface area (TPSA) is 37.8 Å². The van der Waals surface area contributed by atoms with Crippen LogP contribution in [0.2, 0.25) is 0 Å². The molecule has 0 saturated carbocycles. The number of thiophene rings is 1. The summed E-state index contributed by atoms with van der Waals surface area (Å²) in [4.78, 5) is 10.0. The molecule has 1 N–H and O–H groups in total. The van der Waals surface area contributed by atoms with E-state index in [0.29, 0.717) is 5.95 Å². The predicted molar refractivity (Wildman–Crippen MR) is 83.0 cm³/mol. The van der Waals surface area contributed by atoms with E-state index in [1.54, 1.807) is 23.1 Å². The lowest BCUT2D eigenvalue weighted by Crippen LogP contribution is -1.97. The Balaban J connectivity index is 1.89. The summed E-state index contributed by atoms with van der Waals surface area (Å²) in [5, 5.41) is 7.26. The predicted octanol–water partition coefficient (Wildman–Crippen LogP) is 4.03. The molecule has 0 radical (unpaired) electrons. The summed E-state index contributed by atoms with van der Waals surface area (Å²) in [5.41, 5.74) is 1.31. The second-order valence-electron chi connectivity index (χ2n) is 4.02. The normalized spacial score (nSPS) is 10.8. The van der Waals surface area contributed by atoms with E-state index in [0.717, 1.165) is 21.0 Å². The Bertz CT molecular complexity index is 679. The molecular formula is C14H13N3S2. The fraction of sp³-hybridized carbons (Fsp3) is 0.143. The minimum atomic E-state index is 0.686. The highest BCUT2D eigenvalue weighted by Gasteiger charge is 2.08. The van der Waals surface area contributed by atoms with Crippen LogP contribution in [0.5, 0.6) is 0 Å². The van der Waals surface area contributed by atoms with Crippen molar-refractivity contribution in [2.45, 2.75) is 10.8 Å². The molecule has 1 aromatic carbocycles. The van der Waals surface area contributed by atoms with Crippen LogP contribution in [0.15, 0.2) is 46.8 Å². The van der Waals surface area contributed by atoms with Crippen molar-refractivity contribution in [2.24, 2.45) is 0 Å². The number of aromatic nitrogens is 2. The summed E-state index contributed by atoms with van der Waals surface area (Å²) < 4.78 is 0. The van der Waals surface area contributed by atoms with Crippen LogP contribution < -0.4 is 5.32 Å². The standard InChI is InChI=1S/C14H13N3S2/c1-15-14-16-12-11(7-8-18-12)13(17-14)19-9-10-5-3-2-4-6-10/h2-8H,9H2,1H3,(H,15,16,17). The van der Waals surface area contributed by atoms with Crippen LogP contribution in [0.4, 0.5) is 5.95 Å². The van der Waals surface area contributed by atoms with Gasteiger partial charge in [0.25, 0.3) is 0 Å². The number of fused-ring (bicyclic) bond motifs is 1. The summed E-state index contributed by atoms with van der Waals surface area (Å²) in [6, 6.07) is 12.5. The highest BCUT2D eigenvalue weighted by atomic mass is 32.2. The molecule has 0 bridgehead atoms. The van der Waals surface area contributed by atoms with E-state index in [9.17, 15) is 0 Å². The van der Waals surface area contributed by atoms with Gasteiger partial charge in [-0.15, -0.1) is 23.1 Å². The molecule has 0 atom stereocenters. The number of anilines is 1. The van der Waals surface area contributed by atoms with E-state index in [2.05, 4.69) is 51.0 Å². The molecule has 5 heteroatoms. The van der Waals surface area contributed by atoms with E-state index < -0.39 is 0 Å². The van der Waals surface area contributed by atoms with E-state index in [4.69, 9.17) is 0 Å². The largest absolute Gasteiger partial charge is 0.357 e. The summed E-state index contributed by atoms with van der Waals surface area (Å²) >= 11 is 3.40. The van der Waals surface area contributed by atoms with Crippen molar-refractivity contribution >= 4 is 39.3 Å². The fourth-order valence-electron chi connectivity index (χ4n) is 1.78. The van der Waals surface area contributed by atoms with Gasteiger partial charge in [-0.25, -0.2) is 9.97 Å². The second kappa shape index (κ2) is 5.59. The van der Waals surface area contributed by atoms with Crippen molar-refractivity contribution < 1.29 is 0 Å². The van der Waals surface area contributed by atoms with E-state index in [-0.39, 0.29) is 0 Å². The van der Waals surface area contributed by atoms with E-state index in [1.165, 1.54) is 5.56 Å². The molecule has 0 aliphatic rings. The molecule has 0 unspecified atom stereocenters. The van der Waals surface area contributed by atoms with Gasteiger partial charge in [-0.05, 0) is 17.0 Å². The van der Waals surface area contributed by atoms with Crippen molar-refractivity contribution in [2.75, 3.05) is 12.4 Å². The van der Waals surface area contributed by atoms with Crippen molar-refractivity contribution in [1.82, 2.24) is 9.97 Å². The van der Waals surface area contributed by atoms with Crippen molar-refractivity contribution in [3.05, 3.63) is 47.3 Å². The monoisotopic (exact) mass is 287 g/mol. The summed E-state index contributed by atoms with van der Waals surface area (Å²) in [7, 11) is 1.85. The van der Waals surface area contributed by atoms with Gasteiger partial charge in [0, 0.05) is 18.2 Å². The van der Waals surface area contributed by atoms with Crippen LogP contribution in [0, 0.1) is 0 Å². The molecule has 0 amide bonds. The van der Waals surface area contributed by atoms with Crippen LogP contribution in [0.1, 0.15) is 5.56 Å². The second-order valence-corrected chi connectivity index (χ2v) is 5.87. The molecule has 2 heterocycles. The van der Waals surface area contributed by atoms with Gasteiger partial charge in [0.15, 0.2) is 0 Å². The van der Waals surface area contributed by atoms with Gasteiger partial charge in [-0.3, -0.25) is 0 Å². The molecule has 2 aromatic heterocycles. The van der Waals surface area contributed by atoms with E-state index in [1.807, 2.05) is 13.1 Å². The smallest absolute Gasteiger partial charge is 0.224 e. The van der Waals surface area contributed by atoms with Gasteiger partial charge >= 0.3 is 0 Å². The lowest BCUT2D eigenvalue weighted by molar-refractivity contribution is 1.10. The lowest BCUT2D eigenvalue weighted by atomic mass is 10.2. The Labute approximate surface area is 120 Å². The first kappa shape index (κ1) is 12.4. The molecule has 0 spiro atoms. The first-order valence-corrected chi connectivity index (χ1v) is 7.83. The molecule has 3 rings (SSSR count). The zero-order valence-electron chi connectivity index (χ0n) is 10.5. The van der Waals surface area contributed by atoms with Gasteiger partial charge in [0.1, 0.15) is 9.86 Å². The zero-order chi connectivity index (χ0) is 13.1. The maximum Gasteiger partial charge on any atom is 0.224 e. The SMILES string of the molecule is CNc1nc(SCc2ccccc2)c2ccsc2n1. The van der Waals surface area contributed by atoms with Gasteiger partial charge in [0.2, 0.25) is 5.95 Å². The number of hydrogen-bond acceptors (Lipinski definition) is 5. The number of nitrogens with zero attached hydrogens (tertiary/aromatic N) is 2. The average Bonchev–Trinajstić information content (AvgIpc) is 2.94. The minimum Gasteiger partial charge on any atom is -0.357 e. The Morgan fingerprint density at radius 3 is 2.79 bits per heavy atom.